The van der Waals surface area contributed by atoms with Gasteiger partial charge in [0.15, 0.2) is 36.6 Å². The van der Waals surface area contributed by atoms with Gasteiger partial charge in [-0.05, 0) is 6.42 Å². The predicted octanol–water partition coefficient (Wildman–Crippen LogP) is 1.03. The van der Waals surface area contributed by atoms with E-state index >= 15 is 0 Å². The number of fused-ring (bicyclic) bond motifs is 1. The summed E-state index contributed by atoms with van der Waals surface area (Å²) in [5.74, 6) is -13.3. The van der Waals surface area contributed by atoms with Crippen LogP contribution in [0.25, 0.3) is 0 Å². The molecule has 0 aromatic rings. The Balaban J connectivity index is 1.45. The normalized spacial score (nSPS) is 33.4. The third kappa shape index (κ3) is 14.9. The minimum Gasteiger partial charge on any atom is -0.472 e. The van der Waals surface area contributed by atoms with Crippen molar-refractivity contribution in [2.24, 2.45) is 29.6 Å². The SMILES string of the molecule is C=C[C@H]1[C@H](O[C@@H]2O[C@H](COC(C)=O)[C@@H](OC(C)=O)[C@H](OC(C)=O)[C@H]2OC(C)=O)OC=C(C(=O)O[C@H]2C[C@@H]3C(C(=O)OC)=CO[C@@H](O[C@@H]4O[C@H](COC(C)=O)[C@@H](OC(C)=O)[C@H](OC(C)=O)[C@H]4OC(C)=O)[C@@H]3[C@H]2C)[C@H]1CC=O. The van der Waals surface area contributed by atoms with Gasteiger partial charge in [0.1, 0.15) is 37.8 Å². The van der Waals surface area contributed by atoms with Gasteiger partial charge in [-0.15, -0.1) is 6.58 Å². The second-order valence-corrected chi connectivity index (χ2v) is 18.1. The molecular formula is C49H62O27. The highest BCUT2D eigenvalue weighted by molar-refractivity contribution is 5.90. The van der Waals surface area contributed by atoms with E-state index in [0.717, 1.165) is 75.0 Å². The van der Waals surface area contributed by atoms with Gasteiger partial charge in [-0.1, -0.05) is 13.0 Å². The monoisotopic (exact) mass is 1080 g/mol. The van der Waals surface area contributed by atoms with Crippen LogP contribution in [0.3, 0.4) is 0 Å². The zero-order chi connectivity index (χ0) is 56.3. The Morgan fingerprint density at radius 1 is 0.553 bits per heavy atom. The van der Waals surface area contributed by atoms with E-state index in [1.165, 1.54) is 6.08 Å². The average Bonchev–Trinajstić information content (AvgIpc) is 3.65. The van der Waals surface area contributed by atoms with Gasteiger partial charge in [0.05, 0.1) is 30.8 Å². The van der Waals surface area contributed by atoms with Crippen LogP contribution < -0.4 is 0 Å². The van der Waals surface area contributed by atoms with Crippen molar-refractivity contribution in [2.45, 2.75) is 155 Å². The predicted molar refractivity (Wildman–Crippen MR) is 243 cm³/mol. The fraction of sp³-hybridized carbons (Fsp3) is 0.653. The van der Waals surface area contributed by atoms with Crippen LogP contribution in [0.5, 0.6) is 0 Å². The van der Waals surface area contributed by atoms with E-state index in [2.05, 4.69) is 6.58 Å². The molecule has 1 aliphatic carbocycles. The molecule has 1 saturated carbocycles. The maximum absolute atomic E-state index is 14.4. The molecule has 4 aliphatic heterocycles. The van der Waals surface area contributed by atoms with Crippen LogP contribution in [-0.2, 0) is 129 Å². The lowest BCUT2D eigenvalue weighted by Crippen LogP contribution is -2.63. The molecule has 27 nitrogen and oxygen atoms in total. The highest BCUT2D eigenvalue weighted by Crippen LogP contribution is 2.50. The quantitative estimate of drug-likeness (QED) is 0.0711. The van der Waals surface area contributed by atoms with Crippen molar-refractivity contribution in [3.8, 4) is 0 Å². The fourth-order valence-electron chi connectivity index (χ4n) is 9.69. The number of hydrogen-bond acceptors (Lipinski definition) is 27. The minimum atomic E-state index is -1.73. The zero-order valence-electron chi connectivity index (χ0n) is 43.3. The summed E-state index contributed by atoms with van der Waals surface area (Å²) in [6.45, 7) is 12.9. The van der Waals surface area contributed by atoms with Crippen molar-refractivity contribution < 1.29 is 129 Å². The van der Waals surface area contributed by atoms with Gasteiger partial charge in [0.25, 0.3) is 0 Å². The third-order valence-electron chi connectivity index (χ3n) is 12.7. The van der Waals surface area contributed by atoms with Crippen LogP contribution in [-0.4, -0.2) is 166 Å². The van der Waals surface area contributed by atoms with Crippen molar-refractivity contribution in [1.82, 2.24) is 0 Å². The van der Waals surface area contributed by atoms with Gasteiger partial charge in [-0.2, -0.15) is 0 Å². The first-order chi connectivity index (χ1) is 35.9. The molecule has 18 atom stereocenters. The standard InChI is InChI=1S/C49H62O27/c1-12-29-30(13-14-50)32(16-64-46(29)75-48-42(70-27(9)57)40(68-25(7)55)38(66-23(5)53)35(73-48)18-62-21(3)51)45(60)72-34-15-31-33(44(59)61-11)17-65-47(37(31)20(34)2)76-49-43(71-28(10)58)41(69-26(8)56)39(67-24(6)54)36(74-49)19-63-22(4)52/h12,14,16-17,20,29-31,34-43,46-49H,1,13,15,18-19H2,2-11H3/t20-,29+,30-,31+,34-,35+,36+,37+,38+,39+,40-,41-,42+,43+,46-,47-,48-,49-/m0/s1. The maximum atomic E-state index is 14.4. The lowest BCUT2D eigenvalue weighted by Gasteiger charge is -2.46. The summed E-state index contributed by atoms with van der Waals surface area (Å²) in [6, 6.07) is 0. The van der Waals surface area contributed by atoms with Gasteiger partial charge >= 0.3 is 59.7 Å². The Morgan fingerprint density at radius 3 is 1.39 bits per heavy atom. The molecule has 76 heavy (non-hydrogen) atoms. The van der Waals surface area contributed by atoms with Crippen LogP contribution >= 0.6 is 0 Å². The molecule has 3 fully saturated rings. The van der Waals surface area contributed by atoms with Crippen LogP contribution in [0.4, 0.5) is 0 Å². The fourth-order valence-corrected chi connectivity index (χ4v) is 9.69. The highest BCUT2D eigenvalue weighted by Gasteiger charge is 2.59. The van der Waals surface area contributed by atoms with Gasteiger partial charge < -0.3 is 80.6 Å². The summed E-state index contributed by atoms with van der Waals surface area (Å²) >= 11 is 0. The molecule has 5 rings (SSSR count). The van der Waals surface area contributed by atoms with Gasteiger partial charge in [0.2, 0.25) is 25.2 Å². The lowest BCUT2D eigenvalue weighted by atomic mass is 9.82. The first kappa shape index (κ1) is 59.9. The number of methoxy groups -OCH3 is 1. The van der Waals surface area contributed by atoms with E-state index in [-0.39, 0.29) is 24.0 Å². The Labute approximate surface area is 435 Å². The van der Waals surface area contributed by atoms with Crippen LogP contribution in [0, 0.1) is 29.6 Å². The Kier molecular flexibility index (Phi) is 21.0. The summed E-state index contributed by atoms with van der Waals surface area (Å²) in [5.41, 5.74) is -0.155. The third-order valence-corrected chi connectivity index (χ3v) is 12.7. The van der Waals surface area contributed by atoms with E-state index < -0.39 is 183 Å². The van der Waals surface area contributed by atoms with Crippen LogP contribution in [0.2, 0.25) is 0 Å². The summed E-state index contributed by atoms with van der Waals surface area (Å²) in [4.78, 5) is 138. The molecule has 420 valence electrons. The molecule has 0 N–H and O–H groups in total. The Morgan fingerprint density at radius 2 is 0.974 bits per heavy atom. The van der Waals surface area contributed by atoms with E-state index in [1.807, 2.05) is 0 Å². The molecule has 0 unspecified atom stereocenters. The van der Waals surface area contributed by atoms with Gasteiger partial charge in [-0.25, -0.2) is 9.59 Å². The second-order valence-electron chi connectivity index (χ2n) is 18.1. The van der Waals surface area contributed by atoms with Crippen molar-refractivity contribution in [3.05, 3.63) is 36.3 Å². The number of rotatable bonds is 20. The van der Waals surface area contributed by atoms with Crippen LogP contribution in [0.1, 0.15) is 75.2 Å². The average molecular weight is 1080 g/mol. The second kappa shape index (κ2) is 26.7. The highest BCUT2D eigenvalue weighted by atomic mass is 16.8. The molecule has 27 heteroatoms. The Hall–Kier alpha value is -6.97. The molecule has 4 heterocycles. The molecule has 0 radical (unpaired) electrons. The van der Waals surface area contributed by atoms with E-state index in [4.69, 9.17) is 75.8 Å². The number of ether oxygens (including phenoxy) is 16. The maximum Gasteiger partial charge on any atom is 0.337 e. The van der Waals surface area contributed by atoms with Crippen molar-refractivity contribution in [1.29, 1.82) is 0 Å². The number of hydrogen-bond donors (Lipinski definition) is 0. The molecule has 0 amide bonds. The van der Waals surface area contributed by atoms with E-state index in [1.54, 1.807) is 6.92 Å². The first-order valence-electron chi connectivity index (χ1n) is 23.9. The van der Waals surface area contributed by atoms with Crippen molar-refractivity contribution >= 4 is 66.0 Å². The van der Waals surface area contributed by atoms with E-state index in [0.29, 0.717) is 6.29 Å². The van der Waals surface area contributed by atoms with E-state index in [9.17, 15) is 52.7 Å². The molecule has 0 spiro atoms. The molecule has 2 saturated heterocycles. The van der Waals surface area contributed by atoms with Crippen molar-refractivity contribution in [2.75, 3.05) is 20.3 Å². The number of aldehydes is 1. The number of carbonyl (C=O) groups excluding carboxylic acids is 11. The summed E-state index contributed by atoms with van der Waals surface area (Å²) in [5, 5.41) is 0. The summed E-state index contributed by atoms with van der Waals surface area (Å²) in [6.07, 6.45) is -16.2. The lowest BCUT2D eigenvalue weighted by molar-refractivity contribution is -0.345. The molecule has 5 aliphatic rings. The summed E-state index contributed by atoms with van der Waals surface area (Å²) in [7, 11) is 1.14. The van der Waals surface area contributed by atoms with Gasteiger partial charge in [0, 0.05) is 91.4 Å². The molecular weight excluding hydrogens is 1020 g/mol. The smallest absolute Gasteiger partial charge is 0.337 e. The zero-order valence-corrected chi connectivity index (χ0v) is 43.3. The summed E-state index contributed by atoms with van der Waals surface area (Å²) < 4.78 is 91.3. The Bertz CT molecular complexity index is 2290. The largest absolute Gasteiger partial charge is 0.472 e. The number of carbonyl (C=O) groups is 11. The molecule has 0 bridgehead atoms. The van der Waals surface area contributed by atoms with Gasteiger partial charge in [-0.3, -0.25) is 38.4 Å². The molecule has 0 aromatic heterocycles. The number of esters is 10. The molecule has 0 aromatic carbocycles. The van der Waals surface area contributed by atoms with Crippen LogP contribution in [0.15, 0.2) is 36.3 Å². The minimum absolute atomic E-state index is 0.0206. The van der Waals surface area contributed by atoms with Crippen molar-refractivity contribution in [3.63, 3.8) is 0 Å². The topological polar surface area (TPSA) is 335 Å². The first-order valence-corrected chi connectivity index (χ1v) is 23.9.